The number of halogens is 1. The lowest BCUT2D eigenvalue weighted by Gasteiger charge is -2.16. The van der Waals surface area contributed by atoms with Crippen LogP contribution in [0.1, 0.15) is 43.4 Å². The van der Waals surface area contributed by atoms with Crippen molar-refractivity contribution in [2.45, 2.75) is 51.0 Å². The Morgan fingerprint density at radius 1 is 1.14 bits per heavy atom. The van der Waals surface area contributed by atoms with Gasteiger partial charge in [-0.1, -0.05) is 31.7 Å². The van der Waals surface area contributed by atoms with Crippen LogP contribution in [0.2, 0.25) is 0 Å². The molecule has 1 saturated carbocycles. The van der Waals surface area contributed by atoms with Gasteiger partial charge in [0.05, 0.1) is 5.75 Å². The fourth-order valence-corrected chi connectivity index (χ4v) is 4.61. The zero-order valence-corrected chi connectivity index (χ0v) is 15.4. The van der Waals surface area contributed by atoms with Gasteiger partial charge in [0.25, 0.3) is 0 Å². The summed E-state index contributed by atoms with van der Waals surface area (Å²) in [6.45, 7) is 1.21. The van der Waals surface area contributed by atoms with Gasteiger partial charge in [-0.2, -0.15) is 0 Å². The van der Waals surface area contributed by atoms with Crippen LogP contribution in [0.25, 0.3) is 0 Å². The van der Waals surface area contributed by atoms with Crippen molar-refractivity contribution in [1.29, 1.82) is 0 Å². The molecule has 1 aromatic heterocycles. The summed E-state index contributed by atoms with van der Waals surface area (Å²) in [6, 6.07) is 4.51. The third-order valence-corrected chi connectivity index (χ3v) is 6.25. The third-order valence-electron chi connectivity index (χ3n) is 3.93. The molecule has 0 aromatic carbocycles. The number of thiophene rings is 1. The minimum Gasteiger partial charge on any atom is -0.313 e. The third kappa shape index (κ3) is 7.92. The summed E-state index contributed by atoms with van der Waals surface area (Å²) >= 11 is 1.61. The molecule has 0 radical (unpaired) electrons. The van der Waals surface area contributed by atoms with E-state index >= 15 is 0 Å². The molecule has 7 heteroatoms. The lowest BCUT2D eigenvalue weighted by atomic mass is 10.1. The van der Waals surface area contributed by atoms with Crippen LogP contribution < -0.4 is 10.0 Å². The van der Waals surface area contributed by atoms with Gasteiger partial charge in [0.15, 0.2) is 0 Å². The molecule has 22 heavy (non-hydrogen) atoms. The van der Waals surface area contributed by atoms with Gasteiger partial charge in [-0.3, -0.25) is 0 Å². The van der Waals surface area contributed by atoms with Gasteiger partial charge in [0.1, 0.15) is 0 Å². The van der Waals surface area contributed by atoms with Crippen molar-refractivity contribution >= 4 is 33.8 Å². The van der Waals surface area contributed by atoms with Crippen molar-refractivity contribution in [3.63, 3.8) is 0 Å². The summed E-state index contributed by atoms with van der Waals surface area (Å²) in [6.07, 6.45) is 8.33. The Labute approximate surface area is 144 Å². The van der Waals surface area contributed by atoms with Gasteiger partial charge in [-0.25, -0.2) is 13.1 Å². The summed E-state index contributed by atoms with van der Waals surface area (Å²) in [5.74, 6) is 0.178. The molecule has 2 rings (SSSR count). The number of hydrogen-bond donors (Lipinski definition) is 2. The maximum absolute atomic E-state index is 11.9. The molecule has 0 bridgehead atoms. The van der Waals surface area contributed by atoms with Crippen LogP contribution in [0.3, 0.4) is 0 Å². The van der Waals surface area contributed by atoms with E-state index < -0.39 is 10.0 Å². The van der Waals surface area contributed by atoms with Gasteiger partial charge in [0.2, 0.25) is 10.0 Å². The van der Waals surface area contributed by atoms with E-state index in [0.717, 1.165) is 11.4 Å². The average molecular weight is 367 g/mol. The predicted molar refractivity (Wildman–Crippen MR) is 96.6 cm³/mol. The largest absolute Gasteiger partial charge is 0.313 e. The van der Waals surface area contributed by atoms with Crippen LogP contribution in [0, 0.1) is 0 Å². The SMILES string of the molecule is Cl.O=S(=O)(CCc1cccs1)NCCNC1CCCCCC1. The number of aryl methyl sites for hydroxylation is 1. The van der Waals surface area contributed by atoms with Crippen LogP contribution in [0.15, 0.2) is 17.5 Å². The number of hydrogen-bond acceptors (Lipinski definition) is 4. The Morgan fingerprint density at radius 2 is 1.86 bits per heavy atom. The van der Waals surface area contributed by atoms with Crippen molar-refractivity contribution in [3.05, 3.63) is 22.4 Å². The first-order valence-electron chi connectivity index (χ1n) is 7.89. The first-order valence-corrected chi connectivity index (χ1v) is 10.4. The Hall–Kier alpha value is -0.140. The molecule has 0 atom stereocenters. The van der Waals surface area contributed by atoms with Crippen molar-refractivity contribution < 1.29 is 8.42 Å². The normalized spacial score (nSPS) is 16.9. The van der Waals surface area contributed by atoms with Crippen LogP contribution >= 0.6 is 23.7 Å². The predicted octanol–water partition coefficient (Wildman–Crippen LogP) is 2.94. The fraction of sp³-hybridized carbons (Fsp3) is 0.733. The molecule has 1 fully saturated rings. The topological polar surface area (TPSA) is 58.2 Å². The average Bonchev–Trinajstić information content (AvgIpc) is 2.85. The maximum atomic E-state index is 11.9. The number of nitrogens with one attached hydrogen (secondary N) is 2. The van der Waals surface area contributed by atoms with E-state index in [1.807, 2.05) is 17.5 Å². The molecule has 128 valence electrons. The van der Waals surface area contributed by atoms with E-state index in [9.17, 15) is 8.42 Å². The summed E-state index contributed by atoms with van der Waals surface area (Å²) in [7, 11) is -3.15. The molecule has 0 unspecified atom stereocenters. The monoisotopic (exact) mass is 366 g/mol. The smallest absolute Gasteiger partial charge is 0.211 e. The molecule has 0 amide bonds. The molecule has 1 aliphatic carbocycles. The second-order valence-electron chi connectivity index (χ2n) is 5.69. The quantitative estimate of drug-likeness (QED) is 0.549. The molecule has 2 N–H and O–H groups in total. The summed E-state index contributed by atoms with van der Waals surface area (Å²) in [5.41, 5.74) is 0. The van der Waals surface area contributed by atoms with E-state index in [4.69, 9.17) is 0 Å². The van der Waals surface area contributed by atoms with Crippen molar-refractivity contribution in [3.8, 4) is 0 Å². The second-order valence-corrected chi connectivity index (χ2v) is 8.64. The summed E-state index contributed by atoms with van der Waals surface area (Å²) in [4.78, 5) is 1.12. The number of rotatable bonds is 8. The zero-order chi connectivity index (χ0) is 15.0. The van der Waals surface area contributed by atoms with E-state index in [1.165, 1.54) is 38.5 Å². The lowest BCUT2D eigenvalue weighted by Crippen LogP contribution is -2.37. The standard InChI is InChI=1S/C15H26N2O2S2.ClH/c18-21(19,13-9-15-8-5-12-20-15)17-11-10-16-14-6-3-1-2-4-7-14;/h5,8,12,14,16-17H,1-4,6-7,9-11,13H2;1H. The van der Waals surface area contributed by atoms with Crippen LogP contribution in [-0.2, 0) is 16.4 Å². The molecule has 1 aromatic rings. The molecule has 4 nitrogen and oxygen atoms in total. The lowest BCUT2D eigenvalue weighted by molar-refractivity contribution is 0.461. The van der Waals surface area contributed by atoms with Crippen LogP contribution in [-0.4, -0.2) is 33.3 Å². The Morgan fingerprint density at radius 3 is 2.50 bits per heavy atom. The zero-order valence-electron chi connectivity index (χ0n) is 12.9. The highest BCUT2D eigenvalue weighted by Gasteiger charge is 2.13. The maximum Gasteiger partial charge on any atom is 0.211 e. The second kappa shape index (κ2) is 10.6. The Kier molecular flexibility index (Phi) is 9.59. The van der Waals surface area contributed by atoms with Gasteiger partial charge in [0, 0.05) is 24.0 Å². The molecule has 0 aliphatic heterocycles. The van der Waals surface area contributed by atoms with Crippen molar-refractivity contribution in [1.82, 2.24) is 10.0 Å². The van der Waals surface area contributed by atoms with Crippen LogP contribution in [0.4, 0.5) is 0 Å². The highest BCUT2D eigenvalue weighted by molar-refractivity contribution is 7.89. The first-order chi connectivity index (χ1) is 10.2. The minimum atomic E-state index is -3.15. The molecule has 0 saturated heterocycles. The Bertz CT molecular complexity index is 484. The first kappa shape index (κ1) is 19.9. The van der Waals surface area contributed by atoms with Gasteiger partial charge in [-0.15, -0.1) is 23.7 Å². The van der Waals surface area contributed by atoms with E-state index in [-0.39, 0.29) is 18.2 Å². The molecule has 1 aliphatic rings. The van der Waals surface area contributed by atoms with E-state index in [1.54, 1.807) is 11.3 Å². The molecule has 0 spiro atoms. The van der Waals surface area contributed by atoms with E-state index in [2.05, 4.69) is 10.0 Å². The summed E-state index contributed by atoms with van der Waals surface area (Å²) in [5, 5.41) is 5.46. The molecular formula is C15H27ClN2O2S2. The summed E-state index contributed by atoms with van der Waals surface area (Å²) < 4.78 is 26.5. The highest BCUT2D eigenvalue weighted by atomic mass is 35.5. The fourth-order valence-electron chi connectivity index (χ4n) is 2.73. The number of sulfonamides is 1. The van der Waals surface area contributed by atoms with Gasteiger partial charge >= 0.3 is 0 Å². The highest BCUT2D eigenvalue weighted by Crippen LogP contribution is 2.16. The molecular weight excluding hydrogens is 340 g/mol. The Balaban J connectivity index is 0.00000242. The van der Waals surface area contributed by atoms with E-state index in [0.29, 0.717) is 19.0 Å². The van der Waals surface area contributed by atoms with Crippen molar-refractivity contribution in [2.75, 3.05) is 18.8 Å². The minimum absolute atomic E-state index is 0. The van der Waals surface area contributed by atoms with Gasteiger partial charge in [-0.05, 0) is 30.7 Å². The van der Waals surface area contributed by atoms with Crippen LogP contribution in [0.5, 0.6) is 0 Å². The van der Waals surface area contributed by atoms with Crippen molar-refractivity contribution in [2.24, 2.45) is 0 Å². The van der Waals surface area contributed by atoms with Gasteiger partial charge < -0.3 is 5.32 Å². The molecule has 1 heterocycles.